The highest BCUT2D eigenvalue weighted by atomic mass is 16.5. The van der Waals surface area contributed by atoms with Gasteiger partial charge in [-0.15, -0.1) is 6.42 Å². The zero-order valence-corrected chi connectivity index (χ0v) is 15.3. The second kappa shape index (κ2) is 8.19. The number of anilines is 1. The van der Waals surface area contributed by atoms with Crippen molar-refractivity contribution in [3.05, 3.63) is 53.6 Å². The van der Waals surface area contributed by atoms with Crippen molar-refractivity contribution in [2.24, 2.45) is 0 Å². The smallest absolute Gasteiger partial charge is 0.335 e. The summed E-state index contributed by atoms with van der Waals surface area (Å²) < 4.78 is 10.6. The van der Waals surface area contributed by atoms with Crippen LogP contribution in [0.15, 0.2) is 48.0 Å². The number of urea groups is 1. The lowest BCUT2D eigenvalue weighted by Gasteiger charge is -2.26. The van der Waals surface area contributed by atoms with Crippen LogP contribution in [0.2, 0.25) is 0 Å². The van der Waals surface area contributed by atoms with Crippen molar-refractivity contribution < 1.29 is 29.0 Å². The average molecular weight is 392 g/mol. The Balaban J connectivity index is 1.96. The fourth-order valence-electron chi connectivity index (χ4n) is 2.67. The van der Waals surface area contributed by atoms with Gasteiger partial charge < -0.3 is 14.6 Å². The number of rotatable bonds is 5. The summed E-state index contributed by atoms with van der Waals surface area (Å²) in [5.74, 6) is 1.49. The normalized spacial score (nSPS) is 15.1. The molecule has 0 aliphatic carbocycles. The zero-order valence-electron chi connectivity index (χ0n) is 15.3. The summed E-state index contributed by atoms with van der Waals surface area (Å²) in [6, 6.07) is 9.34. The molecule has 2 aromatic rings. The van der Waals surface area contributed by atoms with Gasteiger partial charge in [0, 0.05) is 0 Å². The Bertz CT molecular complexity index is 1050. The van der Waals surface area contributed by atoms with Crippen LogP contribution >= 0.6 is 0 Å². The minimum absolute atomic E-state index is 0.0234. The van der Waals surface area contributed by atoms with Crippen molar-refractivity contribution in [1.29, 1.82) is 0 Å². The number of hydrogen-bond acceptors (Lipinski definition) is 6. The Morgan fingerprint density at radius 2 is 1.86 bits per heavy atom. The molecule has 3 rings (SSSR count). The van der Waals surface area contributed by atoms with Crippen LogP contribution in [0.5, 0.6) is 17.2 Å². The van der Waals surface area contributed by atoms with Crippen molar-refractivity contribution in [2.75, 3.05) is 18.6 Å². The summed E-state index contributed by atoms with van der Waals surface area (Å²) in [6.07, 6.45) is 6.52. The maximum atomic E-state index is 12.8. The lowest BCUT2D eigenvalue weighted by molar-refractivity contribution is -0.122. The Morgan fingerprint density at radius 1 is 1.14 bits per heavy atom. The van der Waals surface area contributed by atoms with E-state index in [4.69, 9.17) is 15.9 Å². The van der Waals surface area contributed by atoms with E-state index in [9.17, 15) is 19.5 Å². The first-order valence-electron chi connectivity index (χ1n) is 8.39. The van der Waals surface area contributed by atoms with E-state index >= 15 is 0 Å². The van der Waals surface area contributed by atoms with Crippen molar-refractivity contribution in [3.63, 3.8) is 0 Å². The monoisotopic (exact) mass is 392 g/mol. The van der Waals surface area contributed by atoms with Gasteiger partial charge in [-0.3, -0.25) is 14.9 Å². The maximum absolute atomic E-state index is 12.8. The first-order chi connectivity index (χ1) is 13.9. The van der Waals surface area contributed by atoms with E-state index in [1.807, 2.05) is 0 Å². The molecule has 1 aliphatic rings. The topological polar surface area (TPSA) is 105 Å². The minimum Gasteiger partial charge on any atom is -0.508 e. The molecule has 0 unspecified atom stereocenters. The quantitative estimate of drug-likeness (QED) is 0.459. The number of methoxy groups -OCH3 is 1. The Morgan fingerprint density at radius 3 is 2.52 bits per heavy atom. The lowest BCUT2D eigenvalue weighted by Crippen LogP contribution is -2.54. The first kappa shape index (κ1) is 19.5. The van der Waals surface area contributed by atoms with Crippen LogP contribution in [0.3, 0.4) is 0 Å². The van der Waals surface area contributed by atoms with Crippen molar-refractivity contribution in [1.82, 2.24) is 5.32 Å². The van der Waals surface area contributed by atoms with Crippen LogP contribution < -0.4 is 19.7 Å². The average Bonchev–Trinajstić information content (AvgIpc) is 2.71. The molecule has 4 amide bonds. The summed E-state index contributed by atoms with van der Waals surface area (Å²) in [7, 11) is 1.44. The number of nitrogens with one attached hydrogen (secondary N) is 1. The first-order valence-corrected chi connectivity index (χ1v) is 8.39. The molecule has 8 heteroatoms. The highest BCUT2D eigenvalue weighted by Crippen LogP contribution is 2.30. The summed E-state index contributed by atoms with van der Waals surface area (Å²) >= 11 is 0. The zero-order chi connectivity index (χ0) is 21.0. The number of imide groups is 2. The SMILES string of the molecule is C#CCOc1ccc(/C=C2\C(=O)NC(=O)N(c3ccc(O)cc3)C2=O)cc1OC. The van der Waals surface area contributed by atoms with E-state index in [0.29, 0.717) is 17.1 Å². The van der Waals surface area contributed by atoms with Crippen LogP contribution in [0, 0.1) is 12.3 Å². The second-order valence-corrected chi connectivity index (χ2v) is 5.88. The number of nitrogens with zero attached hydrogens (tertiary/aromatic N) is 1. The van der Waals surface area contributed by atoms with E-state index in [2.05, 4.69) is 11.2 Å². The van der Waals surface area contributed by atoms with Gasteiger partial charge in [0.2, 0.25) is 0 Å². The summed E-state index contributed by atoms with van der Waals surface area (Å²) in [5, 5.41) is 11.5. The summed E-state index contributed by atoms with van der Waals surface area (Å²) in [6.45, 7) is 0.0569. The van der Waals surface area contributed by atoms with Crippen LogP contribution in [0.4, 0.5) is 10.5 Å². The van der Waals surface area contributed by atoms with Gasteiger partial charge in [-0.1, -0.05) is 12.0 Å². The largest absolute Gasteiger partial charge is 0.508 e. The Kier molecular flexibility index (Phi) is 5.51. The molecule has 1 heterocycles. The summed E-state index contributed by atoms with van der Waals surface area (Å²) in [4.78, 5) is 38.1. The van der Waals surface area contributed by atoms with Gasteiger partial charge in [-0.05, 0) is 48.0 Å². The fraction of sp³-hybridized carbons (Fsp3) is 0.0952. The number of phenolic OH excluding ortho intramolecular Hbond substituents is 1. The molecular weight excluding hydrogens is 376 g/mol. The molecular formula is C21H16N2O6. The molecule has 29 heavy (non-hydrogen) atoms. The highest BCUT2D eigenvalue weighted by Gasteiger charge is 2.36. The standard InChI is InChI=1S/C21H16N2O6/c1-3-10-29-17-9-4-13(12-18(17)28-2)11-16-19(25)22-21(27)23(20(16)26)14-5-7-15(24)8-6-14/h1,4-9,11-12,24H,10H2,2H3,(H,22,25,27)/b16-11+. The van der Waals surface area contributed by atoms with Crippen LogP contribution in [-0.4, -0.2) is 36.7 Å². The van der Waals surface area contributed by atoms with E-state index in [1.165, 1.54) is 37.5 Å². The van der Waals surface area contributed by atoms with Crippen molar-refractivity contribution in [2.45, 2.75) is 0 Å². The van der Waals surface area contributed by atoms with Gasteiger partial charge >= 0.3 is 6.03 Å². The minimum atomic E-state index is -0.876. The molecule has 1 aliphatic heterocycles. The molecule has 1 saturated heterocycles. The molecule has 1 fully saturated rings. The van der Waals surface area contributed by atoms with Gasteiger partial charge in [0.25, 0.3) is 11.8 Å². The molecule has 0 spiro atoms. The number of carbonyl (C=O) groups excluding carboxylic acids is 3. The number of hydrogen-bond donors (Lipinski definition) is 2. The van der Waals surface area contributed by atoms with Gasteiger partial charge in [0.15, 0.2) is 11.5 Å². The number of barbiturate groups is 1. The fourth-order valence-corrected chi connectivity index (χ4v) is 2.67. The van der Waals surface area contributed by atoms with Crippen LogP contribution in [0.25, 0.3) is 6.08 Å². The van der Waals surface area contributed by atoms with E-state index in [0.717, 1.165) is 4.90 Å². The number of phenols is 1. The Labute approximate surface area is 166 Å². The number of amides is 4. The maximum Gasteiger partial charge on any atom is 0.335 e. The van der Waals surface area contributed by atoms with Crippen LogP contribution in [-0.2, 0) is 9.59 Å². The van der Waals surface area contributed by atoms with E-state index in [1.54, 1.807) is 18.2 Å². The van der Waals surface area contributed by atoms with Crippen molar-refractivity contribution in [3.8, 4) is 29.6 Å². The number of carbonyl (C=O) groups is 3. The molecule has 146 valence electrons. The lowest BCUT2D eigenvalue weighted by atomic mass is 10.1. The summed E-state index contributed by atoms with van der Waals surface area (Å²) in [5.41, 5.74) is 0.449. The molecule has 0 saturated carbocycles. The van der Waals surface area contributed by atoms with E-state index in [-0.39, 0.29) is 23.6 Å². The predicted octanol–water partition coefficient (Wildman–Crippen LogP) is 2.08. The van der Waals surface area contributed by atoms with Gasteiger partial charge in [-0.25, -0.2) is 9.69 Å². The van der Waals surface area contributed by atoms with E-state index < -0.39 is 17.8 Å². The predicted molar refractivity (Wildman–Crippen MR) is 104 cm³/mol. The van der Waals surface area contributed by atoms with Crippen LogP contribution in [0.1, 0.15) is 5.56 Å². The molecule has 0 bridgehead atoms. The number of aromatic hydroxyl groups is 1. The van der Waals surface area contributed by atoms with Crippen molar-refractivity contribution >= 4 is 29.6 Å². The van der Waals surface area contributed by atoms with Gasteiger partial charge in [0.05, 0.1) is 12.8 Å². The number of terminal acetylenes is 1. The molecule has 0 radical (unpaired) electrons. The molecule has 2 aromatic carbocycles. The van der Waals surface area contributed by atoms with Gasteiger partial charge in [0.1, 0.15) is 17.9 Å². The molecule has 8 nitrogen and oxygen atoms in total. The second-order valence-electron chi connectivity index (χ2n) is 5.88. The third-order valence-electron chi connectivity index (χ3n) is 4.02. The molecule has 0 aromatic heterocycles. The number of ether oxygens (including phenoxy) is 2. The third-order valence-corrected chi connectivity index (χ3v) is 4.02. The van der Waals surface area contributed by atoms with Gasteiger partial charge in [-0.2, -0.15) is 0 Å². The molecule has 2 N–H and O–H groups in total. The number of benzene rings is 2. The Hall–Kier alpha value is -4.25. The highest BCUT2D eigenvalue weighted by molar-refractivity contribution is 6.39. The third kappa shape index (κ3) is 4.04. The molecule has 0 atom stereocenters.